The van der Waals surface area contributed by atoms with Crippen LogP contribution in [0, 0.1) is 0 Å². The van der Waals surface area contributed by atoms with Crippen molar-refractivity contribution in [3.8, 4) is 34.2 Å². The van der Waals surface area contributed by atoms with Gasteiger partial charge in [-0.2, -0.15) is 0 Å². The first kappa shape index (κ1) is 29.6. The molecule has 5 aromatic carbocycles. The fourth-order valence-corrected chi connectivity index (χ4v) is 8.01. The minimum Gasteiger partial charge on any atom is -0.317 e. The van der Waals surface area contributed by atoms with Crippen LogP contribution >= 0.6 is 0 Å². The van der Waals surface area contributed by atoms with Crippen molar-refractivity contribution in [1.29, 1.82) is 0 Å². The van der Waals surface area contributed by atoms with Gasteiger partial charge in [-0.3, -0.25) is 14.1 Å². The molecule has 6 heteroatoms. The quantitative estimate of drug-likeness (QED) is 0.167. The summed E-state index contributed by atoms with van der Waals surface area (Å²) in [6.45, 7) is 0. The largest absolute Gasteiger partial charge is 0.317 e. The summed E-state index contributed by atoms with van der Waals surface area (Å²) in [5, 5.41) is 0. The molecule has 0 N–H and O–H groups in total. The maximum Gasteiger partial charge on any atom is 0.145 e. The lowest BCUT2D eigenvalue weighted by atomic mass is 9.96. The van der Waals surface area contributed by atoms with Crippen molar-refractivity contribution in [2.24, 2.45) is 4.99 Å². The van der Waals surface area contributed by atoms with E-state index in [1.165, 1.54) is 0 Å². The van der Waals surface area contributed by atoms with Crippen molar-refractivity contribution in [2.45, 2.75) is 37.8 Å². The molecule has 0 saturated heterocycles. The highest BCUT2D eigenvalue weighted by molar-refractivity contribution is 6.13. The number of imidazole rings is 2. The maximum atomic E-state index is 5.50. The molecule has 3 aliphatic rings. The number of anilines is 1. The SMILES string of the molecule is C1=Cc2c(nc(-c3cc(C4=NC5CCC=CC5N4c4ccccc4)cc(-c4nc5ccccc5n4-c4ccccc4)c3)n2-c2ccccc2)CC1. The molecule has 3 heterocycles. The monoisotopic (exact) mass is 660 g/mol. The van der Waals surface area contributed by atoms with E-state index in [9.17, 15) is 0 Å². The van der Waals surface area contributed by atoms with Crippen LogP contribution in [0.3, 0.4) is 0 Å². The maximum absolute atomic E-state index is 5.50. The Morgan fingerprint density at radius 3 is 1.94 bits per heavy atom. The summed E-state index contributed by atoms with van der Waals surface area (Å²) >= 11 is 0. The predicted molar refractivity (Wildman–Crippen MR) is 208 cm³/mol. The lowest BCUT2D eigenvalue weighted by molar-refractivity contribution is 0.570. The summed E-state index contributed by atoms with van der Waals surface area (Å²) in [4.78, 5) is 18.6. The van der Waals surface area contributed by atoms with E-state index < -0.39 is 0 Å². The van der Waals surface area contributed by atoms with Crippen LogP contribution in [0.15, 0.2) is 157 Å². The first-order valence-corrected chi connectivity index (χ1v) is 17.9. The molecule has 7 aromatic rings. The van der Waals surface area contributed by atoms with Crippen LogP contribution in [0.1, 0.15) is 36.2 Å². The van der Waals surface area contributed by atoms with Gasteiger partial charge in [0.1, 0.15) is 17.5 Å². The molecule has 51 heavy (non-hydrogen) atoms. The first-order chi connectivity index (χ1) is 25.3. The van der Waals surface area contributed by atoms with Crippen LogP contribution in [0.2, 0.25) is 0 Å². The zero-order valence-electron chi connectivity index (χ0n) is 28.2. The number of rotatable bonds is 6. The number of aromatic nitrogens is 4. The van der Waals surface area contributed by atoms with Gasteiger partial charge in [0.2, 0.25) is 0 Å². The second-order valence-electron chi connectivity index (χ2n) is 13.5. The second-order valence-corrected chi connectivity index (χ2v) is 13.5. The van der Waals surface area contributed by atoms with Crippen LogP contribution < -0.4 is 4.90 Å². The minimum atomic E-state index is 0.168. The van der Waals surface area contributed by atoms with Crippen LogP contribution in [-0.2, 0) is 6.42 Å². The van der Waals surface area contributed by atoms with E-state index in [4.69, 9.17) is 15.0 Å². The highest BCUT2D eigenvalue weighted by atomic mass is 15.3. The summed E-state index contributed by atoms with van der Waals surface area (Å²) in [5.74, 6) is 2.79. The number of aliphatic imine (C=N–C) groups is 1. The normalized spacial score (nSPS) is 17.8. The molecule has 2 aromatic heterocycles. The van der Waals surface area contributed by atoms with Gasteiger partial charge in [-0.05, 0) is 98.5 Å². The van der Waals surface area contributed by atoms with Gasteiger partial charge in [0.05, 0.1) is 34.5 Å². The van der Waals surface area contributed by atoms with E-state index >= 15 is 0 Å². The molecule has 0 saturated carbocycles. The van der Waals surface area contributed by atoms with Crippen molar-refractivity contribution < 1.29 is 0 Å². The Kier molecular flexibility index (Phi) is 7.12. The zero-order chi connectivity index (χ0) is 33.7. The Hall–Kier alpha value is -6.27. The van der Waals surface area contributed by atoms with Gasteiger partial charge in [-0.25, -0.2) is 9.97 Å². The third-order valence-electron chi connectivity index (χ3n) is 10.3. The van der Waals surface area contributed by atoms with Crippen molar-refractivity contribution in [2.75, 3.05) is 4.90 Å². The molecule has 246 valence electrons. The van der Waals surface area contributed by atoms with E-state index in [1.807, 2.05) is 0 Å². The van der Waals surface area contributed by atoms with Crippen molar-refractivity contribution in [3.63, 3.8) is 0 Å². The second kappa shape index (κ2) is 12.3. The molecule has 1 aliphatic heterocycles. The fraction of sp³-hybridized carbons (Fsp3) is 0.133. The number of fused-ring (bicyclic) bond motifs is 3. The molecular formula is C45H36N6. The lowest BCUT2D eigenvalue weighted by Crippen LogP contribution is -2.40. The van der Waals surface area contributed by atoms with E-state index in [0.29, 0.717) is 0 Å². The number of para-hydroxylation sites is 5. The zero-order valence-corrected chi connectivity index (χ0v) is 28.2. The van der Waals surface area contributed by atoms with Crippen molar-refractivity contribution >= 4 is 28.6 Å². The first-order valence-electron chi connectivity index (χ1n) is 17.9. The van der Waals surface area contributed by atoms with Gasteiger partial charge in [0.15, 0.2) is 0 Å². The molecule has 0 bridgehead atoms. The molecule has 2 unspecified atom stereocenters. The number of amidine groups is 1. The van der Waals surface area contributed by atoms with Gasteiger partial charge < -0.3 is 4.90 Å². The number of allylic oxidation sites excluding steroid dienone is 2. The van der Waals surface area contributed by atoms with Crippen LogP contribution in [0.5, 0.6) is 0 Å². The Balaban J connectivity index is 1.25. The van der Waals surface area contributed by atoms with E-state index in [-0.39, 0.29) is 12.1 Å². The summed E-state index contributed by atoms with van der Waals surface area (Å²) in [7, 11) is 0. The molecule has 0 spiro atoms. The van der Waals surface area contributed by atoms with Crippen molar-refractivity contribution in [3.05, 3.63) is 169 Å². The number of benzene rings is 5. The number of hydrogen-bond donors (Lipinski definition) is 0. The third kappa shape index (κ3) is 5.06. The Bertz CT molecular complexity index is 2490. The Morgan fingerprint density at radius 2 is 1.20 bits per heavy atom. The van der Waals surface area contributed by atoms with Gasteiger partial charge >= 0.3 is 0 Å². The van der Waals surface area contributed by atoms with Gasteiger partial charge in [-0.15, -0.1) is 0 Å². The summed E-state index contributed by atoms with van der Waals surface area (Å²) < 4.78 is 4.60. The van der Waals surface area contributed by atoms with Gasteiger partial charge in [0.25, 0.3) is 0 Å². The standard InChI is InChI=1S/C45H36N6/c1-4-16-34(17-5-1)49-40-25-13-10-22-37(40)46-43(49)31-28-32(44-47-38-23-11-14-26-41(38)50(44)35-18-6-2-7-19-35)30-33(29-31)45-48-39-24-12-15-27-42(39)51(45)36-20-8-3-9-21-36/h1-10,13-22,25-30,38,41H,11-12,23-24H2. The molecule has 6 nitrogen and oxygen atoms in total. The average molecular weight is 661 g/mol. The summed E-state index contributed by atoms with van der Waals surface area (Å²) in [6, 6.07) is 47.5. The van der Waals surface area contributed by atoms with E-state index in [0.717, 1.165) is 99.3 Å². The number of aryl methyl sites for hydroxylation is 1. The Labute approximate surface area is 297 Å². The predicted octanol–water partition coefficient (Wildman–Crippen LogP) is 9.86. The molecule has 0 fully saturated rings. The van der Waals surface area contributed by atoms with Crippen molar-refractivity contribution in [1.82, 2.24) is 19.1 Å². The topological polar surface area (TPSA) is 51.2 Å². The molecule has 0 radical (unpaired) electrons. The van der Waals surface area contributed by atoms with Crippen LogP contribution in [-0.4, -0.2) is 37.0 Å². The van der Waals surface area contributed by atoms with Gasteiger partial charge in [0, 0.05) is 33.8 Å². The summed E-state index contributed by atoms with van der Waals surface area (Å²) in [6.07, 6.45) is 13.1. The smallest absolute Gasteiger partial charge is 0.145 e. The van der Waals surface area contributed by atoms with Crippen LogP contribution in [0.25, 0.3) is 51.3 Å². The van der Waals surface area contributed by atoms with Crippen LogP contribution in [0.4, 0.5) is 5.69 Å². The number of hydrogen-bond acceptors (Lipinski definition) is 4. The molecule has 0 amide bonds. The highest BCUT2D eigenvalue weighted by Crippen LogP contribution is 2.39. The van der Waals surface area contributed by atoms with Gasteiger partial charge in [-0.1, -0.05) is 85.0 Å². The summed E-state index contributed by atoms with van der Waals surface area (Å²) in [5.41, 5.74) is 10.7. The minimum absolute atomic E-state index is 0.168. The lowest BCUT2D eigenvalue weighted by Gasteiger charge is -2.30. The fourth-order valence-electron chi connectivity index (χ4n) is 8.01. The molecular weight excluding hydrogens is 625 g/mol. The molecule has 10 rings (SSSR count). The van der Waals surface area contributed by atoms with E-state index in [1.54, 1.807) is 0 Å². The third-order valence-corrected chi connectivity index (χ3v) is 10.3. The molecule has 2 aliphatic carbocycles. The number of nitrogens with zero attached hydrogens (tertiary/aromatic N) is 6. The Morgan fingerprint density at radius 1 is 0.569 bits per heavy atom. The van der Waals surface area contributed by atoms with E-state index in [2.05, 4.69) is 172 Å². The molecule has 2 atom stereocenters. The average Bonchev–Trinajstić information content (AvgIpc) is 3.91. The highest BCUT2D eigenvalue weighted by Gasteiger charge is 2.37.